The van der Waals surface area contributed by atoms with Crippen LogP contribution in [0.4, 0.5) is 0 Å². The molecule has 4 heteroatoms. The Morgan fingerprint density at radius 2 is 1.55 bits per heavy atom. The average molecular weight is 196 g/mol. The molecule has 0 amide bonds. The van der Waals surface area contributed by atoms with E-state index in [4.69, 9.17) is 9.47 Å². The van der Waals surface area contributed by atoms with Gasteiger partial charge in [-0.25, -0.2) is 0 Å². The predicted molar refractivity (Wildman–Crippen MR) is 53.7 cm³/mol. The van der Waals surface area contributed by atoms with Gasteiger partial charge in [0.05, 0.1) is 13.2 Å². The van der Waals surface area contributed by atoms with E-state index in [0.29, 0.717) is 13.2 Å². The zero-order valence-corrected chi connectivity index (χ0v) is 8.61. The van der Waals surface area contributed by atoms with Crippen LogP contribution < -0.4 is 0 Å². The number of hydrogen-bond donors (Lipinski definition) is 2. The maximum atomic E-state index is 5.31. The van der Waals surface area contributed by atoms with Gasteiger partial charge in [0.25, 0.3) is 0 Å². The number of thiol groups is 2. The second-order valence-electron chi connectivity index (χ2n) is 2.03. The molecular formula is C7H16O2S2. The fourth-order valence-corrected chi connectivity index (χ4v) is 0.863. The fourth-order valence-electron chi connectivity index (χ4n) is 0.652. The minimum absolute atomic E-state index is 0.0747. The minimum Gasteiger partial charge on any atom is -0.352 e. The number of rotatable bonds is 7. The molecular weight excluding hydrogens is 180 g/mol. The van der Waals surface area contributed by atoms with E-state index in [0.717, 1.165) is 17.9 Å². The van der Waals surface area contributed by atoms with Gasteiger partial charge in [0.1, 0.15) is 0 Å². The maximum Gasteiger partial charge on any atom is 0.157 e. The third-order valence-electron chi connectivity index (χ3n) is 1.12. The summed E-state index contributed by atoms with van der Waals surface area (Å²) in [6.45, 7) is 3.32. The zero-order valence-electron chi connectivity index (χ0n) is 6.82. The van der Waals surface area contributed by atoms with Crippen molar-refractivity contribution in [3.05, 3.63) is 0 Å². The van der Waals surface area contributed by atoms with Crippen LogP contribution in [0.1, 0.15) is 13.3 Å². The van der Waals surface area contributed by atoms with E-state index in [2.05, 4.69) is 25.3 Å². The first kappa shape index (κ1) is 11.6. The van der Waals surface area contributed by atoms with Crippen molar-refractivity contribution in [1.82, 2.24) is 0 Å². The van der Waals surface area contributed by atoms with E-state index < -0.39 is 0 Å². The Bertz CT molecular complexity index is 72.8. The summed E-state index contributed by atoms with van der Waals surface area (Å²) < 4.78 is 10.6. The molecule has 0 aliphatic carbocycles. The van der Waals surface area contributed by atoms with E-state index >= 15 is 0 Å². The van der Waals surface area contributed by atoms with E-state index in [-0.39, 0.29) is 6.29 Å². The summed E-state index contributed by atoms with van der Waals surface area (Å²) in [5.74, 6) is 1.47. The molecule has 0 aliphatic rings. The van der Waals surface area contributed by atoms with Gasteiger partial charge in [-0.2, -0.15) is 25.3 Å². The number of ether oxygens (including phenoxy) is 2. The number of hydrogen-bond acceptors (Lipinski definition) is 4. The minimum atomic E-state index is -0.0747. The van der Waals surface area contributed by atoms with Crippen LogP contribution >= 0.6 is 25.3 Å². The molecule has 0 spiro atoms. The van der Waals surface area contributed by atoms with Gasteiger partial charge in [-0.05, 0) is 6.42 Å². The molecule has 0 atom stereocenters. The van der Waals surface area contributed by atoms with Crippen LogP contribution in [0.15, 0.2) is 0 Å². The quantitative estimate of drug-likeness (QED) is 0.476. The molecule has 0 aromatic carbocycles. The van der Waals surface area contributed by atoms with Crippen molar-refractivity contribution >= 4 is 25.3 Å². The molecule has 2 nitrogen and oxygen atoms in total. The van der Waals surface area contributed by atoms with Gasteiger partial charge >= 0.3 is 0 Å². The topological polar surface area (TPSA) is 18.5 Å². The SMILES string of the molecule is CCC(OCCS)OCCS. The Morgan fingerprint density at radius 1 is 1.09 bits per heavy atom. The first-order chi connectivity index (χ1) is 5.35. The monoisotopic (exact) mass is 196 g/mol. The Hall–Kier alpha value is 0.620. The van der Waals surface area contributed by atoms with Crippen LogP contribution in [0.25, 0.3) is 0 Å². The van der Waals surface area contributed by atoms with Gasteiger partial charge in [-0.1, -0.05) is 6.92 Å². The second kappa shape index (κ2) is 8.71. The Kier molecular flexibility index (Phi) is 9.21. The summed E-state index contributed by atoms with van der Waals surface area (Å²) in [4.78, 5) is 0. The van der Waals surface area contributed by atoms with Gasteiger partial charge in [-0.15, -0.1) is 0 Å². The normalized spacial score (nSPS) is 10.9. The van der Waals surface area contributed by atoms with Crippen molar-refractivity contribution in [2.75, 3.05) is 24.7 Å². The van der Waals surface area contributed by atoms with Crippen LogP contribution in [0.2, 0.25) is 0 Å². The summed E-state index contributed by atoms with van der Waals surface area (Å²) in [7, 11) is 0. The Morgan fingerprint density at radius 3 is 1.82 bits per heavy atom. The van der Waals surface area contributed by atoms with Crippen molar-refractivity contribution in [2.45, 2.75) is 19.6 Å². The molecule has 0 saturated carbocycles. The Balaban J connectivity index is 3.25. The predicted octanol–water partition coefficient (Wildman–Crippen LogP) is 1.62. The van der Waals surface area contributed by atoms with E-state index in [1.165, 1.54) is 0 Å². The van der Waals surface area contributed by atoms with Crippen LogP contribution in [-0.4, -0.2) is 31.0 Å². The van der Waals surface area contributed by atoms with Crippen LogP contribution in [0.3, 0.4) is 0 Å². The molecule has 0 N–H and O–H groups in total. The van der Waals surface area contributed by atoms with Crippen molar-refractivity contribution in [2.24, 2.45) is 0 Å². The lowest BCUT2D eigenvalue weighted by Crippen LogP contribution is -2.18. The summed E-state index contributed by atoms with van der Waals surface area (Å²) in [5.41, 5.74) is 0. The molecule has 0 bridgehead atoms. The molecule has 0 saturated heterocycles. The van der Waals surface area contributed by atoms with Crippen LogP contribution in [-0.2, 0) is 9.47 Å². The van der Waals surface area contributed by atoms with Crippen molar-refractivity contribution in [3.63, 3.8) is 0 Å². The smallest absolute Gasteiger partial charge is 0.157 e. The lowest BCUT2D eigenvalue weighted by atomic mass is 10.5. The molecule has 0 radical (unpaired) electrons. The van der Waals surface area contributed by atoms with E-state index in [1.54, 1.807) is 0 Å². The Labute approximate surface area is 79.5 Å². The van der Waals surface area contributed by atoms with Gasteiger partial charge in [0.2, 0.25) is 0 Å². The molecule has 0 unspecified atom stereocenters. The largest absolute Gasteiger partial charge is 0.352 e. The highest BCUT2D eigenvalue weighted by Crippen LogP contribution is 2.00. The molecule has 0 fully saturated rings. The van der Waals surface area contributed by atoms with Crippen LogP contribution in [0, 0.1) is 0 Å². The summed E-state index contributed by atoms with van der Waals surface area (Å²) in [6.07, 6.45) is 0.802. The third kappa shape index (κ3) is 7.00. The summed E-state index contributed by atoms with van der Waals surface area (Å²) in [6, 6.07) is 0. The highest BCUT2D eigenvalue weighted by atomic mass is 32.1. The standard InChI is InChI=1S/C7H16O2S2/c1-2-7(8-3-5-10)9-4-6-11/h7,10-11H,2-6H2,1H3. The molecule has 0 aromatic rings. The van der Waals surface area contributed by atoms with Gasteiger partial charge in [0, 0.05) is 11.5 Å². The second-order valence-corrected chi connectivity index (χ2v) is 2.92. The van der Waals surface area contributed by atoms with Crippen molar-refractivity contribution < 1.29 is 9.47 Å². The van der Waals surface area contributed by atoms with E-state index in [9.17, 15) is 0 Å². The molecule has 0 aliphatic heterocycles. The molecule has 0 rings (SSSR count). The first-order valence-corrected chi connectivity index (χ1v) is 5.06. The fraction of sp³-hybridized carbons (Fsp3) is 1.00. The van der Waals surface area contributed by atoms with Gasteiger partial charge in [-0.3, -0.25) is 0 Å². The average Bonchev–Trinajstić information content (AvgIpc) is 2.05. The van der Waals surface area contributed by atoms with Crippen LogP contribution in [0.5, 0.6) is 0 Å². The summed E-state index contributed by atoms with van der Waals surface area (Å²) in [5, 5.41) is 0. The first-order valence-electron chi connectivity index (χ1n) is 3.80. The van der Waals surface area contributed by atoms with Gasteiger partial charge in [0.15, 0.2) is 6.29 Å². The van der Waals surface area contributed by atoms with Gasteiger partial charge < -0.3 is 9.47 Å². The zero-order chi connectivity index (χ0) is 8.53. The molecule has 0 heterocycles. The molecule has 11 heavy (non-hydrogen) atoms. The lowest BCUT2D eigenvalue weighted by Gasteiger charge is -2.15. The summed E-state index contributed by atoms with van der Waals surface area (Å²) >= 11 is 8.06. The highest BCUT2D eigenvalue weighted by molar-refractivity contribution is 7.80. The van der Waals surface area contributed by atoms with Crippen molar-refractivity contribution in [1.29, 1.82) is 0 Å². The maximum absolute atomic E-state index is 5.31. The lowest BCUT2D eigenvalue weighted by molar-refractivity contribution is -0.135. The highest BCUT2D eigenvalue weighted by Gasteiger charge is 2.03. The molecule has 68 valence electrons. The third-order valence-corrected chi connectivity index (χ3v) is 1.49. The van der Waals surface area contributed by atoms with Crippen molar-refractivity contribution in [3.8, 4) is 0 Å². The van der Waals surface area contributed by atoms with E-state index in [1.807, 2.05) is 6.92 Å². The molecule has 0 aromatic heterocycles.